The van der Waals surface area contributed by atoms with Crippen LogP contribution in [0.5, 0.6) is 0 Å². The predicted octanol–water partition coefficient (Wildman–Crippen LogP) is 2.61. The summed E-state index contributed by atoms with van der Waals surface area (Å²) < 4.78 is 30.0. The van der Waals surface area contributed by atoms with E-state index in [-0.39, 0.29) is 6.61 Å². The summed E-state index contributed by atoms with van der Waals surface area (Å²) in [6.45, 7) is 2.48. The Morgan fingerprint density at radius 3 is 2.75 bits per heavy atom. The first-order valence-electron chi connectivity index (χ1n) is 4.89. The maximum Gasteiger partial charge on any atom is 0.206 e. The lowest BCUT2D eigenvalue weighted by atomic mass is 10.2. The zero-order valence-corrected chi connectivity index (χ0v) is 11.1. The lowest BCUT2D eigenvalue weighted by molar-refractivity contribution is 0.175. The molecule has 86 valence electrons. The van der Waals surface area contributed by atoms with Gasteiger partial charge in [0.1, 0.15) is 0 Å². The highest BCUT2D eigenvalue weighted by Crippen LogP contribution is 2.37. The molecule has 0 radical (unpaired) electrons. The van der Waals surface area contributed by atoms with E-state index in [4.69, 9.17) is 4.74 Å². The van der Waals surface area contributed by atoms with Crippen LogP contribution in [-0.4, -0.2) is 21.6 Å². The fourth-order valence-corrected chi connectivity index (χ4v) is 4.19. The van der Waals surface area contributed by atoms with E-state index in [0.29, 0.717) is 20.9 Å². The van der Waals surface area contributed by atoms with Gasteiger partial charge in [-0.25, -0.2) is 8.42 Å². The lowest BCUT2D eigenvalue weighted by Crippen LogP contribution is -2.07. The molecule has 0 bridgehead atoms. The van der Waals surface area contributed by atoms with Crippen molar-refractivity contribution in [1.82, 2.24) is 0 Å². The first-order chi connectivity index (χ1) is 7.57. The van der Waals surface area contributed by atoms with Gasteiger partial charge in [-0.05, 0) is 40.6 Å². The molecule has 0 fully saturated rings. The summed E-state index contributed by atoms with van der Waals surface area (Å²) in [6, 6.07) is 5.34. The first kappa shape index (κ1) is 11.8. The third kappa shape index (κ3) is 1.83. The maximum absolute atomic E-state index is 12.1. The summed E-state index contributed by atoms with van der Waals surface area (Å²) in [4.78, 5) is 0.681. The number of sulfone groups is 1. The molecule has 1 aromatic rings. The smallest absolute Gasteiger partial charge is 0.206 e. The van der Waals surface area contributed by atoms with Crippen LogP contribution in [0.15, 0.2) is 32.5 Å². The fraction of sp³-hybridized carbons (Fsp3) is 0.273. The Bertz CT molecular complexity index is 546. The van der Waals surface area contributed by atoms with Gasteiger partial charge in [0.05, 0.1) is 16.4 Å². The van der Waals surface area contributed by atoms with Crippen LogP contribution in [0.1, 0.15) is 12.5 Å². The van der Waals surface area contributed by atoms with E-state index < -0.39 is 9.84 Å². The van der Waals surface area contributed by atoms with Gasteiger partial charge in [0.2, 0.25) is 9.84 Å². The fourth-order valence-electron chi connectivity index (χ4n) is 1.63. The van der Waals surface area contributed by atoms with Crippen LogP contribution in [0.2, 0.25) is 0 Å². The minimum absolute atomic E-state index is 0.139. The molecular weight excluding hydrogens is 292 g/mol. The van der Waals surface area contributed by atoms with E-state index in [2.05, 4.69) is 15.9 Å². The van der Waals surface area contributed by atoms with Gasteiger partial charge >= 0.3 is 0 Å². The Morgan fingerprint density at radius 1 is 1.38 bits per heavy atom. The molecule has 0 aromatic heterocycles. The molecule has 3 nitrogen and oxygen atoms in total. The Hall–Kier alpha value is -0.650. The molecule has 0 N–H and O–H groups in total. The third-order valence-electron chi connectivity index (χ3n) is 2.38. The molecule has 0 saturated heterocycles. The first-order valence-corrected chi connectivity index (χ1v) is 7.17. The van der Waals surface area contributed by atoms with Gasteiger partial charge in [-0.15, -0.1) is 0 Å². The quantitative estimate of drug-likeness (QED) is 0.862. The Labute approximate surface area is 103 Å². The van der Waals surface area contributed by atoms with Gasteiger partial charge in [0.15, 0.2) is 0 Å². The molecule has 5 heteroatoms. The molecule has 16 heavy (non-hydrogen) atoms. The van der Waals surface area contributed by atoms with Gasteiger partial charge in [0.25, 0.3) is 0 Å². The van der Waals surface area contributed by atoms with Crippen LogP contribution in [0, 0.1) is 0 Å². The van der Waals surface area contributed by atoms with Crippen LogP contribution in [0.3, 0.4) is 0 Å². The second kappa shape index (κ2) is 4.31. The van der Waals surface area contributed by atoms with Crippen molar-refractivity contribution >= 4 is 31.8 Å². The molecule has 0 amide bonds. The monoisotopic (exact) mass is 302 g/mol. The standard InChI is InChI=1S/C11H11BrO3S/c1-2-15-7-9-6-8-4-3-5-10(12)11(8)16(9,13)14/h3-6H,2,7H2,1H3. The summed E-state index contributed by atoms with van der Waals surface area (Å²) in [6.07, 6.45) is 1.67. The number of fused-ring (bicyclic) bond motifs is 1. The lowest BCUT2D eigenvalue weighted by Gasteiger charge is -2.05. The highest BCUT2D eigenvalue weighted by atomic mass is 79.9. The van der Waals surface area contributed by atoms with Crippen molar-refractivity contribution in [2.45, 2.75) is 11.8 Å². The number of hydrogen-bond donors (Lipinski definition) is 0. The number of ether oxygens (including phenoxy) is 1. The number of benzene rings is 1. The van der Waals surface area contributed by atoms with Crippen LogP contribution in [0.4, 0.5) is 0 Å². The Kier molecular flexibility index (Phi) is 3.19. The zero-order valence-electron chi connectivity index (χ0n) is 8.73. The van der Waals surface area contributed by atoms with Crippen molar-refractivity contribution in [1.29, 1.82) is 0 Å². The predicted molar refractivity (Wildman–Crippen MR) is 65.8 cm³/mol. The van der Waals surface area contributed by atoms with Crippen LogP contribution >= 0.6 is 15.9 Å². The number of hydrogen-bond acceptors (Lipinski definition) is 3. The second-order valence-electron chi connectivity index (χ2n) is 3.41. The largest absolute Gasteiger partial charge is 0.376 e. The molecule has 0 atom stereocenters. The van der Waals surface area contributed by atoms with E-state index in [1.807, 2.05) is 13.0 Å². The summed E-state index contributed by atoms with van der Waals surface area (Å²) in [5.41, 5.74) is 0.726. The van der Waals surface area contributed by atoms with Crippen molar-refractivity contribution < 1.29 is 13.2 Å². The molecule has 2 rings (SSSR count). The minimum Gasteiger partial charge on any atom is -0.376 e. The second-order valence-corrected chi connectivity index (χ2v) is 6.20. The van der Waals surface area contributed by atoms with Gasteiger partial charge < -0.3 is 4.74 Å². The zero-order chi connectivity index (χ0) is 11.8. The summed E-state index contributed by atoms with van der Waals surface area (Å²) in [5, 5.41) is 0. The molecule has 0 aliphatic carbocycles. The van der Waals surface area contributed by atoms with E-state index in [9.17, 15) is 8.42 Å². The van der Waals surface area contributed by atoms with Crippen molar-refractivity contribution in [3.8, 4) is 0 Å². The molecule has 1 aliphatic rings. The average Bonchev–Trinajstić information content (AvgIpc) is 2.48. The maximum atomic E-state index is 12.1. The van der Waals surface area contributed by atoms with Crippen molar-refractivity contribution in [2.75, 3.05) is 13.2 Å². The molecule has 0 unspecified atom stereocenters. The topological polar surface area (TPSA) is 43.4 Å². The van der Waals surface area contributed by atoms with Crippen molar-refractivity contribution in [3.05, 3.63) is 33.1 Å². The Morgan fingerprint density at radius 2 is 2.12 bits per heavy atom. The van der Waals surface area contributed by atoms with Gasteiger partial charge in [-0.3, -0.25) is 0 Å². The average molecular weight is 303 g/mol. The molecule has 1 aliphatic heterocycles. The molecule has 0 saturated carbocycles. The Balaban J connectivity index is 2.48. The van der Waals surface area contributed by atoms with Crippen molar-refractivity contribution in [2.24, 2.45) is 0 Å². The minimum atomic E-state index is -3.36. The van der Waals surface area contributed by atoms with Crippen LogP contribution in [0.25, 0.3) is 6.08 Å². The van der Waals surface area contributed by atoms with E-state index >= 15 is 0 Å². The van der Waals surface area contributed by atoms with Gasteiger partial charge in [-0.2, -0.15) is 0 Å². The summed E-state index contributed by atoms with van der Waals surface area (Å²) >= 11 is 3.27. The SMILES string of the molecule is CCOCC1=Cc2cccc(Br)c2S1(=O)=O. The number of halogens is 1. The highest BCUT2D eigenvalue weighted by molar-refractivity contribution is 9.10. The molecular formula is C11H11BrO3S. The van der Waals surface area contributed by atoms with E-state index in [0.717, 1.165) is 5.56 Å². The summed E-state index contributed by atoms with van der Waals surface area (Å²) in [7, 11) is -3.36. The number of rotatable bonds is 3. The third-order valence-corrected chi connectivity index (χ3v) is 5.22. The van der Waals surface area contributed by atoms with Gasteiger partial charge in [0, 0.05) is 11.1 Å². The summed E-state index contributed by atoms with van der Waals surface area (Å²) in [5.74, 6) is 0. The van der Waals surface area contributed by atoms with E-state index in [1.54, 1.807) is 18.2 Å². The van der Waals surface area contributed by atoms with E-state index in [1.165, 1.54) is 0 Å². The molecule has 1 heterocycles. The van der Waals surface area contributed by atoms with Crippen LogP contribution in [-0.2, 0) is 14.6 Å². The van der Waals surface area contributed by atoms with Gasteiger partial charge in [-0.1, -0.05) is 12.1 Å². The normalized spacial score (nSPS) is 17.0. The highest BCUT2D eigenvalue weighted by Gasteiger charge is 2.31. The van der Waals surface area contributed by atoms with Crippen LogP contribution < -0.4 is 0 Å². The molecule has 1 aromatic carbocycles. The molecule has 0 spiro atoms. The van der Waals surface area contributed by atoms with Crippen molar-refractivity contribution in [3.63, 3.8) is 0 Å².